The van der Waals surface area contributed by atoms with Gasteiger partial charge in [-0.1, -0.05) is 57.2 Å². The van der Waals surface area contributed by atoms with E-state index in [1.807, 2.05) is 0 Å². The molecule has 0 N–H and O–H groups in total. The molecule has 2 bridgehead atoms. The Hall–Kier alpha value is -1.56. The highest BCUT2D eigenvalue weighted by Gasteiger charge is 2.69. The topological polar surface area (TPSA) is 90.0 Å². The van der Waals surface area contributed by atoms with Gasteiger partial charge in [-0.05, 0) is 48.8 Å². The Labute approximate surface area is 210 Å². The minimum absolute atomic E-state index is 0.00590. The Bertz CT molecular complexity index is 1260. The van der Waals surface area contributed by atoms with E-state index in [1.54, 1.807) is 41.5 Å². The summed E-state index contributed by atoms with van der Waals surface area (Å²) in [4.78, 5) is 4.36. The summed E-state index contributed by atoms with van der Waals surface area (Å²) in [6.07, 6.45) is 0.637. The predicted molar refractivity (Wildman–Crippen MR) is 138 cm³/mol. The normalized spacial score (nSPS) is 27.3. The van der Waals surface area contributed by atoms with Crippen molar-refractivity contribution >= 4 is 28.0 Å². The number of hydrogen-bond donors (Lipinski definition) is 0. The van der Waals surface area contributed by atoms with Crippen molar-refractivity contribution in [3.8, 4) is 0 Å². The minimum atomic E-state index is -4.13. The molecule has 0 spiro atoms. The standard InChI is InChI=1S/C25H35NO6S2Si/c1-24(2,3)35(4,5)31-17-16-20-18-25(34(29,30)22-14-10-7-11-15-22)23(19-26(20)32-25)33(27,28)21-12-8-6-9-13-21/h6-15,20,23H,16-19H2,1-5H3. The fourth-order valence-corrected chi connectivity index (χ4v) is 10.2. The highest BCUT2D eigenvalue weighted by atomic mass is 32.2. The molecule has 2 aromatic rings. The molecule has 0 radical (unpaired) electrons. The van der Waals surface area contributed by atoms with Crippen LogP contribution in [0.2, 0.25) is 18.1 Å². The summed E-state index contributed by atoms with van der Waals surface area (Å²) >= 11 is 0. The Kier molecular flexibility index (Phi) is 6.87. The van der Waals surface area contributed by atoms with Crippen molar-refractivity contribution in [3.63, 3.8) is 0 Å². The molecule has 10 heteroatoms. The molecule has 2 aliphatic heterocycles. The van der Waals surface area contributed by atoms with Crippen LogP contribution in [0, 0.1) is 0 Å². The molecular formula is C25H35NO6S2Si. The summed E-state index contributed by atoms with van der Waals surface area (Å²) in [5.41, 5.74) is 0. The molecule has 4 rings (SSSR count). The van der Waals surface area contributed by atoms with Gasteiger partial charge in [0.25, 0.3) is 0 Å². The lowest BCUT2D eigenvalue weighted by atomic mass is 10.0. The van der Waals surface area contributed by atoms with Crippen LogP contribution < -0.4 is 0 Å². The van der Waals surface area contributed by atoms with Gasteiger partial charge in [0.15, 0.2) is 18.2 Å². The molecule has 4 unspecified atom stereocenters. The van der Waals surface area contributed by atoms with Crippen LogP contribution in [0.15, 0.2) is 70.5 Å². The largest absolute Gasteiger partial charge is 0.417 e. The number of rotatable bonds is 8. The lowest BCUT2D eigenvalue weighted by Gasteiger charge is -2.37. The number of benzene rings is 2. The maximum atomic E-state index is 14.0. The lowest BCUT2D eigenvalue weighted by molar-refractivity contribution is -0.126. The van der Waals surface area contributed by atoms with Gasteiger partial charge in [-0.15, -0.1) is 0 Å². The second-order valence-corrected chi connectivity index (χ2v) is 20.0. The second-order valence-electron chi connectivity index (χ2n) is 10.9. The third-order valence-electron chi connectivity index (χ3n) is 7.71. The fourth-order valence-electron chi connectivity index (χ4n) is 4.57. The molecule has 0 aliphatic carbocycles. The maximum Gasteiger partial charge on any atom is 0.214 e. The summed E-state index contributed by atoms with van der Waals surface area (Å²) in [6.45, 7) is 11.3. The Morgan fingerprint density at radius 1 is 0.971 bits per heavy atom. The van der Waals surface area contributed by atoms with Gasteiger partial charge in [0.1, 0.15) is 5.25 Å². The fraction of sp³-hybridized carbons (Fsp3) is 0.520. The third kappa shape index (κ3) is 4.53. The van der Waals surface area contributed by atoms with Crippen LogP contribution >= 0.6 is 0 Å². The molecule has 4 atom stereocenters. The predicted octanol–water partition coefficient (Wildman–Crippen LogP) is 4.43. The van der Waals surface area contributed by atoms with Crippen LogP contribution in [-0.4, -0.2) is 59.6 Å². The number of hydrogen-bond acceptors (Lipinski definition) is 7. The zero-order valence-corrected chi connectivity index (χ0v) is 23.6. The van der Waals surface area contributed by atoms with E-state index >= 15 is 0 Å². The van der Waals surface area contributed by atoms with E-state index in [4.69, 9.17) is 9.26 Å². The Morgan fingerprint density at radius 3 is 2.06 bits per heavy atom. The van der Waals surface area contributed by atoms with Crippen LogP contribution in [0.4, 0.5) is 0 Å². The first-order valence-electron chi connectivity index (χ1n) is 11.9. The van der Waals surface area contributed by atoms with Gasteiger partial charge >= 0.3 is 0 Å². The molecule has 2 fully saturated rings. The summed E-state index contributed by atoms with van der Waals surface area (Å²) in [5.74, 6) is 0. The van der Waals surface area contributed by atoms with Crippen molar-refractivity contribution in [1.29, 1.82) is 0 Å². The van der Waals surface area contributed by atoms with Crippen molar-refractivity contribution in [2.75, 3.05) is 13.2 Å². The lowest BCUT2D eigenvalue weighted by Crippen LogP contribution is -2.53. The smallest absolute Gasteiger partial charge is 0.214 e. The van der Waals surface area contributed by atoms with E-state index in [9.17, 15) is 16.8 Å². The monoisotopic (exact) mass is 537 g/mol. The van der Waals surface area contributed by atoms with Crippen molar-refractivity contribution in [3.05, 3.63) is 60.7 Å². The van der Waals surface area contributed by atoms with E-state index in [1.165, 1.54) is 24.3 Å². The van der Waals surface area contributed by atoms with Gasteiger partial charge < -0.3 is 4.43 Å². The van der Waals surface area contributed by atoms with Crippen LogP contribution in [0.5, 0.6) is 0 Å². The van der Waals surface area contributed by atoms with Gasteiger partial charge in [-0.2, -0.15) is 5.06 Å². The number of fused-ring (bicyclic) bond motifs is 2. The van der Waals surface area contributed by atoms with Crippen LogP contribution in [0.1, 0.15) is 33.6 Å². The second kappa shape index (κ2) is 9.07. The minimum Gasteiger partial charge on any atom is -0.417 e. The molecular weight excluding hydrogens is 502 g/mol. The zero-order valence-electron chi connectivity index (χ0n) is 21.0. The number of sulfone groups is 2. The van der Waals surface area contributed by atoms with Gasteiger partial charge in [0.05, 0.1) is 9.79 Å². The van der Waals surface area contributed by atoms with Crippen LogP contribution in [0.25, 0.3) is 0 Å². The quantitative estimate of drug-likeness (QED) is 0.460. The number of nitrogens with zero attached hydrogens (tertiary/aromatic N) is 1. The SMILES string of the molecule is CC(C)(C)[Si](C)(C)OCCC1CC2(S(=O)(=O)c3ccccc3)ON1CC2S(=O)(=O)c1ccccc1. The van der Waals surface area contributed by atoms with Crippen molar-refractivity contribution in [1.82, 2.24) is 5.06 Å². The molecule has 0 saturated carbocycles. The maximum absolute atomic E-state index is 14.0. The summed E-state index contributed by atoms with van der Waals surface area (Å²) in [5, 5.41) is 0.395. The van der Waals surface area contributed by atoms with Gasteiger partial charge in [0, 0.05) is 25.6 Å². The van der Waals surface area contributed by atoms with E-state index in [0.29, 0.717) is 13.0 Å². The van der Waals surface area contributed by atoms with E-state index < -0.39 is 38.2 Å². The highest BCUT2D eigenvalue weighted by molar-refractivity contribution is 7.96. The summed E-state index contributed by atoms with van der Waals surface area (Å²) < 4.78 is 61.6. The molecule has 0 aromatic heterocycles. The Morgan fingerprint density at radius 2 is 1.51 bits per heavy atom. The molecule has 192 valence electrons. The third-order valence-corrected chi connectivity index (χ3v) is 16.9. The van der Waals surface area contributed by atoms with Crippen LogP contribution in [-0.2, 0) is 28.9 Å². The van der Waals surface area contributed by atoms with Gasteiger partial charge in [-0.25, -0.2) is 16.8 Å². The van der Waals surface area contributed by atoms with Crippen molar-refractivity contribution in [2.45, 2.75) is 77.8 Å². The molecule has 0 amide bonds. The molecule has 2 aromatic carbocycles. The highest BCUT2D eigenvalue weighted by Crippen LogP contribution is 2.51. The van der Waals surface area contributed by atoms with Gasteiger partial charge in [0.2, 0.25) is 14.8 Å². The summed E-state index contributed by atoms with van der Waals surface area (Å²) in [7, 11) is -10.1. The molecule has 7 nitrogen and oxygen atoms in total. The van der Waals surface area contributed by atoms with Crippen LogP contribution in [0.3, 0.4) is 0 Å². The molecule has 2 heterocycles. The zero-order chi connectivity index (χ0) is 25.7. The van der Waals surface area contributed by atoms with E-state index in [0.717, 1.165) is 0 Å². The van der Waals surface area contributed by atoms with Gasteiger partial charge in [-0.3, -0.25) is 4.84 Å². The van der Waals surface area contributed by atoms with Crippen molar-refractivity contribution in [2.24, 2.45) is 0 Å². The average Bonchev–Trinajstić information content (AvgIpc) is 3.38. The number of piperidine rings is 1. The molecule has 2 aliphatic rings. The first-order valence-corrected chi connectivity index (χ1v) is 17.8. The Balaban J connectivity index is 1.66. The molecule has 2 saturated heterocycles. The van der Waals surface area contributed by atoms with Crippen molar-refractivity contribution < 1.29 is 26.1 Å². The average molecular weight is 538 g/mol. The van der Waals surface area contributed by atoms with E-state index in [-0.39, 0.29) is 33.8 Å². The summed E-state index contributed by atoms with van der Waals surface area (Å²) in [6, 6.07) is 15.8. The number of hydroxylamine groups is 2. The molecule has 35 heavy (non-hydrogen) atoms. The first kappa shape index (κ1) is 26.5. The van der Waals surface area contributed by atoms with E-state index in [2.05, 4.69) is 33.9 Å². The first-order chi connectivity index (χ1) is 16.2.